The molecule has 1 aromatic rings. The highest BCUT2D eigenvalue weighted by atomic mass is 16.5. The van der Waals surface area contributed by atoms with Crippen LogP contribution < -0.4 is 10.1 Å². The minimum atomic E-state index is -1.16. The van der Waals surface area contributed by atoms with Crippen LogP contribution in [0.1, 0.15) is 10.4 Å². The Morgan fingerprint density at radius 2 is 2.12 bits per heavy atom. The molecule has 0 radical (unpaired) electrons. The van der Waals surface area contributed by atoms with Gasteiger partial charge in [0.05, 0.1) is 7.11 Å². The zero-order chi connectivity index (χ0) is 12.1. The van der Waals surface area contributed by atoms with Crippen molar-refractivity contribution >= 4 is 11.9 Å². The molecule has 0 saturated carbocycles. The Kier molecular flexibility index (Phi) is 3.71. The number of methoxy groups -OCH3 is 1. The Hall–Kier alpha value is -2.24. The van der Waals surface area contributed by atoms with E-state index in [1.165, 1.54) is 25.3 Å². The lowest BCUT2D eigenvalue weighted by Gasteiger charge is -2.09. The topological polar surface area (TPSA) is 95.9 Å². The number of nitrogens with one attached hydrogen (secondary N) is 1. The fourth-order valence-corrected chi connectivity index (χ4v) is 1.16. The lowest BCUT2D eigenvalue weighted by Crippen LogP contribution is -2.29. The maximum atomic E-state index is 11.5. The first-order chi connectivity index (χ1) is 7.56. The predicted molar refractivity (Wildman–Crippen MR) is 54.6 cm³/mol. The molecule has 0 spiro atoms. The highest BCUT2D eigenvalue weighted by molar-refractivity contribution is 6.00. The summed E-state index contributed by atoms with van der Waals surface area (Å²) in [7, 11) is 1.35. The number of phenols is 1. The van der Waals surface area contributed by atoms with E-state index in [0.717, 1.165) is 0 Å². The van der Waals surface area contributed by atoms with E-state index in [-0.39, 0.29) is 17.1 Å². The zero-order valence-corrected chi connectivity index (χ0v) is 8.56. The molecule has 0 aliphatic carbocycles. The minimum Gasteiger partial charge on any atom is -0.507 e. The fraction of sp³-hybridized carbons (Fsp3) is 0.200. The van der Waals surface area contributed by atoms with Crippen molar-refractivity contribution in [1.82, 2.24) is 5.32 Å². The van der Waals surface area contributed by atoms with Gasteiger partial charge in [0.1, 0.15) is 23.6 Å². The quantitative estimate of drug-likeness (QED) is 0.681. The van der Waals surface area contributed by atoms with E-state index in [1.54, 1.807) is 0 Å². The first-order valence-corrected chi connectivity index (χ1v) is 4.42. The molecule has 0 aromatic heterocycles. The predicted octanol–water partition coefficient (Wildman–Crippen LogP) is 0.215. The van der Waals surface area contributed by atoms with Gasteiger partial charge in [-0.05, 0) is 12.1 Å². The smallest absolute Gasteiger partial charge is 0.322 e. The number of carboxylic acids is 1. The van der Waals surface area contributed by atoms with Crippen molar-refractivity contribution in [2.75, 3.05) is 13.7 Å². The largest absolute Gasteiger partial charge is 0.507 e. The van der Waals surface area contributed by atoms with Gasteiger partial charge in [0.2, 0.25) is 0 Å². The van der Waals surface area contributed by atoms with Crippen LogP contribution in [0, 0.1) is 0 Å². The molecule has 1 amide bonds. The van der Waals surface area contributed by atoms with E-state index in [9.17, 15) is 14.7 Å². The van der Waals surface area contributed by atoms with Gasteiger partial charge in [-0.2, -0.15) is 0 Å². The molecular weight excluding hydrogens is 214 g/mol. The van der Waals surface area contributed by atoms with Gasteiger partial charge in [-0.15, -0.1) is 0 Å². The van der Waals surface area contributed by atoms with Crippen molar-refractivity contribution in [2.45, 2.75) is 0 Å². The Balaban J connectivity index is 2.93. The number of aromatic hydroxyl groups is 1. The minimum absolute atomic E-state index is 0.0775. The molecule has 16 heavy (non-hydrogen) atoms. The number of rotatable bonds is 4. The van der Waals surface area contributed by atoms with E-state index < -0.39 is 18.4 Å². The molecule has 0 heterocycles. The number of phenolic OH excluding ortho intramolecular Hbond substituents is 1. The third-order valence-electron chi connectivity index (χ3n) is 1.85. The molecule has 6 heteroatoms. The summed E-state index contributed by atoms with van der Waals surface area (Å²) in [5.41, 5.74) is -0.0775. The molecule has 0 bridgehead atoms. The van der Waals surface area contributed by atoms with Crippen LogP contribution in [0.3, 0.4) is 0 Å². The number of hydrogen-bond donors (Lipinski definition) is 3. The molecule has 1 aromatic carbocycles. The molecule has 3 N–H and O–H groups in total. The zero-order valence-electron chi connectivity index (χ0n) is 8.56. The van der Waals surface area contributed by atoms with Gasteiger partial charge in [0.15, 0.2) is 0 Å². The Morgan fingerprint density at radius 1 is 1.44 bits per heavy atom. The molecule has 0 aliphatic heterocycles. The maximum Gasteiger partial charge on any atom is 0.322 e. The molecule has 0 aliphatic rings. The highest BCUT2D eigenvalue weighted by Crippen LogP contribution is 2.26. The number of benzene rings is 1. The van der Waals surface area contributed by atoms with Crippen molar-refractivity contribution in [2.24, 2.45) is 0 Å². The van der Waals surface area contributed by atoms with Gasteiger partial charge < -0.3 is 20.3 Å². The molecule has 6 nitrogen and oxygen atoms in total. The third-order valence-corrected chi connectivity index (χ3v) is 1.85. The number of aliphatic carboxylic acids is 1. The lowest BCUT2D eigenvalue weighted by atomic mass is 10.1. The number of carboxylic acid groups (broad SMARTS) is 1. The van der Waals surface area contributed by atoms with Crippen molar-refractivity contribution < 1.29 is 24.5 Å². The average molecular weight is 225 g/mol. The van der Waals surface area contributed by atoms with Crippen LogP contribution >= 0.6 is 0 Å². The average Bonchev–Trinajstić information content (AvgIpc) is 2.25. The maximum absolute atomic E-state index is 11.5. The monoisotopic (exact) mass is 225 g/mol. The summed E-state index contributed by atoms with van der Waals surface area (Å²) in [5.74, 6) is -1.94. The number of carbonyl (C=O) groups excluding carboxylic acids is 1. The van der Waals surface area contributed by atoms with Gasteiger partial charge in [-0.1, -0.05) is 6.07 Å². The Morgan fingerprint density at radius 3 is 2.69 bits per heavy atom. The van der Waals surface area contributed by atoms with E-state index in [4.69, 9.17) is 9.84 Å². The third kappa shape index (κ3) is 2.63. The Bertz CT molecular complexity index is 416. The summed E-state index contributed by atoms with van der Waals surface area (Å²) in [6, 6.07) is 4.33. The van der Waals surface area contributed by atoms with Crippen LogP contribution in [-0.4, -0.2) is 35.7 Å². The second-order valence-electron chi connectivity index (χ2n) is 2.93. The second kappa shape index (κ2) is 5.01. The fourth-order valence-electron chi connectivity index (χ4n) is 1.16. The number of amides is 1. The standard InChI is InChI=1S/C10H11NO5/c1-16-7-4-2-3-6(12)9(7)10(15)11-5-8(13)14/h2-4,12H,5H2,1H3,(H,11,15)(H,13,14). The van der Waals surface area contributed by atoms with Crippen LogP contribution in [0.2, 0.25) is 0 Å². The molecular formula is C10H11NO5. The van der Waals surface area contributed by atoms with Crippen molar-refractivity contribution in [3.63, 3.8) is 0 Å². The summed E-state index contributed by atoms with van der Waals surface area (Å²) in [6.45, 7) is -0.518. The SMILES string of the molecule is COc1cccc(O)c1C(=O)NCC(=O)O. The van der Waals surface area contributed by atoms with Crippen molar-refractivity contribution in [1.29, 1.82) is 0 Å². The first-order valence-electron chi connectivity index (χ1n) is 4.42. The molecule has 0 atom stereocenters. The van der Waals surface area contributed by atoms with Crippen LogP contribution in [0.4, 0.5) is 0 Å². The molecule has 0 saturated heterocycles. The van der Waals surface area contributed by atoms with Crippen molar-refractivity contribution in [3.8, 4) is 11.5 Å². The summed E-state index contributed by atoms with van der Waals surface area (Å²) in [4.78, 5) is 21.8. The van der Waals surface area contributed by atoms with E-state index >= 15 is 0 Å². The van der Waals surface area contributed by atoms with Gasteiger partial charge >= 0.3 is 5.97 Å². The first kappa shape index (κ1) is 11.8. The van der Waals surface area contributed by atoms with Gasteiger partial charge in [0.25, 0.3) is 5.91 Å². The van der Waals surface area contributed by atoms with Gasteiger partial charge in [0, 0.05) is 0 Å². The van der Waals surface area contributed by atoms with E-state index in [1.807, 2.05) is 0 Å². The Labute approximate surface area is 91.5 Å². The summed E-state index contributed by atoms with van der Waals surface area (Å²) in [6.07, 6.45) is 0. The molecule has 86 valence electrons. The van der Waals surface area contributed by atoms with Crippen LogP contribution in [-0.2, 0) is 4.79 Å². The van der Waals surface area contributed by atoms with Crippen LogP contribution in [0.15, 0.2) is 18.2 Å². The summed E-state index contributed by atoms with van der Waals surface area (Å²) in [5, 5.41) is 20.0. The van der Waals surface area contributed by atoms with Crippen molar-refractivity contribution in [3.05, 3.63) is 23.8 Å². The summed E-state index contributed by atoms with van der Waals surface area (Å²) >= 11 is 0. The summed E-state index contributed by atoms with van der Waals surface area (Å²) < 4.78 is 4.89. The molecule has 0 fully saturated rings. The van der Waals surface area contributed by atoms with E-state index in [0.29, 0.717) is 0 Å². The van der Waals surface area contributed by atoms with Crippen LogP contribution in [0.5, 0.6) is 11.5 Å². The van der Waals surface area contributed by atoms with E-state index in [2.05, 4.69) is 5.32 Å². The van der Waals surface area contributed by atoms with Gasteiger partial charge in [-0.25, -0.2) is 0 Å². The number of ether oxygens (including phenoxy) is 1. The lowest BCUT2D eigenvalue weighted by molar-refractivity contribution is -0.135. The molecule has 1 rings (SSSR count). The highest BCUT2D eigenvalue weighted by Gasteiger charge is 2.17. The number of hydrogen-bond acceptors (Lipinski definition) is 4. The second-order valence-corrected chi connectivity index (χ2v) is 2.93. The van der Waals surface area contributed by atoms with Crippen LogP contribution in [0.25, 0.3) is 0 Å². The molecule has 0 unspecified atom stereocenters. The van der Waals surface area contributed by atoms with Gasteiger partial charge in [-0.3, -0.25) is 9.59 Å². The number of carbonyl (C=O) groups is 2. The normalized spacial score (nSPS) is 9.56.